The number of likely N-dealkylation sites (N-methyl/N-ethyl adjacent to an activating group) is 1. The van der Waals surface area contributed by atoms with Crippen molar-refractivity contribution in [2.45, 2.75) is 232 Å². The highest BCUT2D eigenvalue weighted by atomic mass is 31.2. The number of hydrogen-bond acceptors (Lipinski definition) is 8. The van der Waals surface area contributed by atoms with Crippen molar-refractivity contribution in [1.82, 2.24) is 0 Å². The minimum Gasteiger partial charge on any atom is -0.756 e. The smallest absolute Gasteiger partial charge is 0.306 e. The summed E-state index contributed by atoms with van der Waals surface area (Å²) < 4.78 is 33.9. The maximum atomic E-state index is 12.7. The average molecular weight is 830 g/mol. The van der Waals surface area contributed by atoms with Crippen molar-refractivity contribution in [2.75, 3.05) is 47.5 Å². The molecule has 0 aromatic heterocycles. The van der Waals surface area contributed by atoms with E-state index in [2.05, 4.69) is 26.0 Å². The van der Waals surface area contributed by atoms with Crippen LogP contribution < -0.4 is 4.89 Å². The zero-order valence-electron chi connectivity index (χ0n) is 38.1. The van der Waals surface area contributed by atoms with E-state index in [-0.39, 0.29) is 32.0 Å². The minimum atomic E-state index is -4.62. The second-order valence-corrected chi connectivity index (χ2v) is 18.9. The third-order valence-corrected chi connectivity index (χ3v) is 11.5. The monoisotopic (exact) mass is 830 g/mol. The molecule has 0 heterocycles. The number of phosphoric ester groups is 1. The number of hydrogen-bond donors (Lipinski definition) is 0. The van der Waals surface area contributed by atoms with Gasteiger partial charge in [-0.1, -0.05) is 187 Å². The number of rotatable bonds is 44. The Morgan fingerprint density at radius 1 is 0.526 bits per heavy atom. The van der Waals surface area contributed by atoms with Gasteiger partial charge in [0.1, 0.15) is 19.8 Å². The first-order valence-corrected chi connectivity index (χ1v) is 25.4. The molecule has 0 bridgehead atoms. The average Bonchev–Trinajstić information content (AvgIpc) is 3.16. The van der Waals surface area contributed by atoms with Crippen molar-refractivity contribution in [3.63, 3.8) is 0 Å². The standard InChI is InChI=1S/C47H92NO8P/c1-6-8-10-12-14-16-18-19-20-21-22-23-24-25-26-27-28-29-30-32-34-36-38-40-47(50)56-45(44-55-57(51,52)54-42-41-48(3,4)5)43-53-46(49)39-37-35-33-31-17-15-13-11-9-7-2/h21-22,45H,6-20,23-44H2,1-5H3/b22-21-. The van der Waals surface area contributed by atoms with Crippen LogP contribution in [0.3, 0.4) is 0 Å². The lowest BCUT2D eigenvalue weighted by Gasteiger charge is -2.28. The number of esters is 2. The molecule has 2 unspecified atom stereocenters. The van der Waals surface area contributed by atoms with Crippen LogP contribution in [0.25, 0.3) is 0 Å². The molecule has 2 atom stereocenters. The van der Waals surface area contributed by atoms with Crippen molar-refractivity contribution in [2.24, 2.45) is 0 Å². The summed E-state index contributed by atoms with van der Waals surface area (Å²) >= 11 is 0. The molecular formula is C47H92NO8P. The molecule has 0 aliphatic carbocycles. The van der Waals surface area contributed by atoms with Gasteiger partial charge in [-0.15, -0.1) is 0 Å². The first kappa shape index (κ1) is 55.8. The molecule has 0 radical (unpaired) electrons. The molecule has 0 aromatic rings. The van der Waals surface area contributed by atoms with Crippen LogP contribution in [0.5, 0.6) is 0 Å². The summed E-state index contributed by atoms with van der Waals surface area (Å²) in [7, 11) is 1.18. The van der Waals surface area contributed by atoms with E-state index in [0.29, 0.717) is 17.4 Å². The SMILES string of the molecule is CCCCCCCCCC/C=C\CCCCCCCCCCCCCC(=O)OC(COC(=O)CCCCCCCCCCCC)COP(=O)([O-])OCC[N+](C)(C)C. The topological polar surface area (TPSA) is 111 Å². The Balaban J connectivity index is 4.17. The van der Waals surface area contributed by atoms with Gasteiger partial charge in [-0.25, -0.2) is 0 Å². The molecule has 0 saturated carbocycles. The van der Waals surface area contributed by atoms with Crippen LogP contribution in [-0.2, 0) is 32.7 Å². The molecule has 57 heavy (non-hydrogen) atoms. The summed E-state index contributed by atoms with van der Waals surface area (Å²) in [6.07, 6.45) is 42.5. The van der Waals surface area contributed by atoms with Crippen LogP contribution in [0, 0.1) is 0 Å². The van der Waals surface area contributed by atoms with E-state index in [0.717, 1.165) is 38.5 Å². The summed E-state index contributed by atoms with van der Waals surface area (Å²) in [4.78, 5) is 37.5. The van der Waals surface area contributed by atoms with Crippen molar-refractivity contribution >= 4 is 19.8 Å². The fourth-order valence-corrected chi connectivity index (χ4v) is 7.50. The lowest BCUT2D eigenvalue weighted by atomic mass is 10.0. The van der Waals surface area contributed by atoms with E-state index in [4.69, 9.17) is 18.5 Å². The molecule has 0 amide bonds. The van der Waals surface area contributed by atoms with Gasteiger partial charge in [-0.2, -0.15) is 0 Å². The number of carbonyl (C=O) groups is 2. The lowest BCUT2D eigenvalue weighted by molar-refractivity contribution is -0.870. The second-order valence-electron chi connectivity index (χ2n) is 17.5. The minimum absolute atomic E-state index is 0.0277. The van der Waals surface area contributed by atoms with Crippen LogP contribution in [-0.4, -0.2) is 70.0 Å². The van der Waals surface area contributed by atoms with E-state index < -0.39 is 26.5 Å². The number of phosphoric acid groups is 1. The fraction of sp³-hybridized carbons (Fsp3) is 0.915. The Morgan fingerprint density at radius 3 is 1.30 bits per heavy atom. The Bertz CT molecular complexity index is 985. The van der Waals surface area contributed by atoms with E-state index in [9.17, 15) is 19.0 Å². The summed E-state index contributed by atoms with van der Waals surface area (Å²) in [6.45, 7) is 4.24. The van der Waals surface area contributed by atoms with Gasteiger partial charge in [0.15, 0.2) is 6.10 Å². The highest BCUT2D eigenvalue weighted by Gasteiger charge is 2.21. The fourth-order valence-electron chi connectivity index (χ4n) is 6.77. The van der Waals surface area contributed by atoms with Gasteiger partial charge in [0, 0.05) is 12.8 Å². The third-order valence-electron chi connectivity index (χ3n) is 10.5. The first-order chi connectivity index (χ1) is 27.5. The van der Waals surface area contributed by atoms with Crippen LogP contribution >= 0.6 is 7.82 Å². The molecular weight excluding hydrogens is 737 g/mol. The maximum Gasteiger partial charge on any atom is 0.306 e. The first-order valence-electron chi connectivity index (χ1n) is 23.9. The Labute approximate surface area is 352 Å². The van der Waals surface area contributed by atoms with Gasteiger partial charge < -0.3 is 27.9 Å². The molecule has 0 saturated heterocycles. The predicted molar refractivity (Wildman–Crippen MR) is 236 cm³/mol. The van der Waals surface area contributed by atoms with Crippen molar-refractivity contribution in [3.8, 4) is 0 Å². The van der Waals surface area contributed by atoms with Crippen LogP contribution in [0.2, 0.25) is 0 Å². The lowest BCUT2D eigenvalue weighted by Crippen LogP contribution is -2.37. The molecule has 9 nitrogen and oxygen atoms in total. The summed E-state index contributed by atoms with van der Waals surface area (Å²) in [6, 6.07) is 0. The Morgan fingerprint density at radius 2 is 0.895 bits per heavy atom. The maximum absolute atomic E-state index is 12.7. The highest BCUT2D eigenvalue weighted by molar-refractivity contribution is 7.45. The largest absolute Gasteiger partial charge is 0.756 e. The van der Waals surface area contributed by atoms with E-state index >= 15 is 0 Å². The van der Waals surface area contributed by atoms with E-state index in [1.807, 2.05) is 21.1 Å². The summed E-state index contributed by atoms with van der Waals surface area (Å²) in [5.41, 5.74) is 0. The zero-order chi connectivity index (χ0) is 42.1. The Hall–Kier alpha value is -1.25. The highest BCUT2D eigenvalue weighted by Crippen LogP contribution is 2.38. The molecule has 338 valence electrons. The van der Waals surface area contributed by atoms with Gasteiger partial charge in [0.25, 0.3) is 7.82 Å². The van der Waals surface area contributed by atoms with E-state index in [1.165, 1.54) is 154 Å². The molecule has 0 aliphatic rings. The number of quaternary nitrogens is 1. The zero-order valence-corrected chi connectivity index (χ0v) is 38.9. The van der Waals surface area contributed by atoms with Crippen molar-refractivity contribution < 1.29 is 42.1 Å². The quantitative estimate of drug-likeness (QED) is 0.0196. The predicted octanol–water partition coefficient (Wildman–Crippen LogP) is 13.1. The third kappa shape index (κ3) is 44.1. The molecule has 0 fully saturated rings. The van der Waals surface area contributed by atoms with Crippen molar-refractivity contribution in [3.05, 3.63) is 12.2 Å². The van der Waals surface area contributed by atoms with Gasteiger partial charge in [-0.05, 0) is 38.5 Å². The normalized spacial score (nSPS) is 13.6. The Kier molecular flexibility index (Phi) is 39.3. The van der Waals surface area contributed by atoms with Crippen molar-refractivity contribution in [1.29, 1.82) is 0 Å². The molecule has 10 heteroatoms. The molecule has 0 rings (SSSR count). The van der Waals surface area contributed by atoms with Gasteiger partial charge >= 0.3 is 11.9 Å². The second kappa shape index (κ2) is 40.2. The summed E-state index contributed by atoms with van der Waals surface area (Å²) in [5.74, 6) is -0.827. The van der Waals surface area contributed by atoms with E-state index in [1.54, 1.807) is 0 Å². The summed E-state index contributed by atoms with van der Waals surface area (Å²) in [5, 5.41) is 0. The molecule has 0 aromatic carbocycles. The van der Waals surface area contributed by atoms with Gasteiger partial charge in [0.2, 0.25) is 0 Å². The number of unbranched alkanes of at least 4 members (excludes halogenated alkanes) is 28. The number of ether oxygens (including phenoxy) is 2. The number of allylic oxidation sites excluding steroid dienone is 2. The molecule has 0 spiro atoms. The van der Waals surface area contributed by atoms with Crippen LogP contribution in [0.15, 0.2) is 12.2 Å². The molecule has 0 N–H and O–H groups in total. The van der Waals surface area contributed by atoms with Gasteiger partial charge in [-0.3, -0.25) is 14.2 Å². The number of carbonyl (C=O) groups excluding carboxylic acids is 2. The number of nitrogens with zero attached hydrogens (tertiary/aromatic N) is 1. The molecule has 0 aliphatic heterocycles. The van der Waals surface area contributed by atoms with Crippen LogP contribution in [0.1, 0.15) is 226 Å². The van der Waals surface area contributed by atoms with Gasteiger partial charge in [0.05, 0.1) is 27.7 Å². The van der Waals surface area contributed by atoms with Crippen LogP contribution in [0.4, 0.5) is 0 Å².